The lowest BCUT2D eigenvalue weighted by Gasteiger charge is -2.32. The smallest absolute Gasteiger partial charge is 0.225 e. The van der Waals surface area contributed by atoms with Crippen LogP contribution in [0.4, 0.5) is 5.95 Å². The normalized spacial score (nSPS) is 16.6. The Hall–Kier alpha value is -3.09. The van der Waals surface area contributed by atoms with Crippen molar-refractivity contribution in [3.63, 3.8) is 0 Å². The number of methoxy groups -OCH3 is 1. The van der Waals surface area contributed by atoms with Crippen LogP contribution in [0, 0.1) is 19.8 Å². The zero-order valence-corrected chi connectivity index (χ0v) is 17.9. The summed E-state index contributed by atoms with van der Waals surface area (Å²) in [5, 5.41) is 4.26. The van der Waals surface area contributed by atoms with E-state index < -0.39 is 0 Å². The van der Waals surface area contributed by atoms with E-state index in [1.807, 2.05) is 32.0 Å². The Morgan fingerprint density at radius 3 is 2.77 bits per heavy atom. The van der Waals surface area contributed by atoms with E-state index in [4.69, 9.17) is 4.74 Å². The highest BCUT2D eigenvalue weighted by molar-refractivity contribution is 5.82. The van der Waals surface area contributed by atoms with Gasteiger partial charge >= 0.3 is 0 Å². The van der Waals surface area contributed by atoms with Crippen molar-refractivity contribution in [2.24, 2.45) is 5.92 Å². The molecule has 1 amide bonds. The van der Waals surface area contributed by atoms with E-state index in [0.717, 1.165) is 59.9 Å². The van der Waals surface area contributed by atoms with E-state index in [2.05, 4.69) is 43.1 Å². The maximum Gasteiger partial charge on any atom is 0.225 e. The molecule has 4 rings (SSSR count). The van der Waals surface area contributed by atoms with Crippen molar-refractivity contribution in [1.82, 2.24) is 19.9 Å². The standard InChI is InChI=1S/C23H29N5O2/c1-16-13-17(2)26-23(25-16)28-10-4-5-19(15-28)22(29)24-9-12-27-11-8-18-14-20(30-3)6-7-21(18)27/h6-8,11,13-14,19H,4-5,9-10,12,15H2,1-3H3,(H,24,29). The van der Waals surface area contributed by atoms with Gasteiger partial charge < -0.3 is 19.5 Å². The second-order valence-electron chi connectivity index (χ2n) is 7.96. The van der Waals surface area contributed by atoms with Crippen molar-refractivity contribution in [1.29, 1.82) is 0 Å². The van der Waals surface area contributed by atoms with E-state index >= 15 is 0 Å². The van der Waals surface area contributed by atoms with Crippen molar-refractivity contribution in [3.05, 3.63) is 47.9 Å². The fraction of sp³-hybridized carbons (Fsp3) is 0.435. The number of benzene rings is 1. The number of aryl methyl sites for hydroxylation is 2. The van der Waals surface area contributed by atoms with Gasteiger partial charge in [0.1, 0.15) is 5.75 Å². The van der Waals surface area contributed by atoms with Gasteiger partial charge in [-0.25, -0.2) is 9.97 Å². The highest BCUT2D eigenvalue weighted by Crippen LogP contribution is 2.23. The number of carbonyl (C=O) groups is 1. The minimum absolute atomic E-state index is 0.0335. The molecule has 158 valence electrons. The molecule has 1 aromatic carbocycles. The van der Waals surface area contributed by atoms with E-state index in [-0.39, 0.29) is 11.8 Å². The predicted octanol–water partition coefficient (Wildman–Crippen LogP) is 3.09. The van der Waals surface area contributed by atoms with E-state index in [9.17, 15) is 4.79 Å². The Morgan fingerprint density at radius 2 is 2.00 bits per heavy atom. The van der Waals surface area contributed by atoms with Crippen LogP contribution in [0.15, 0.2) is 36.5 Å². The fourth-order valence-corrected chi connectivity index (χ4v) is 4.17. The monoisotopic (exact) mass is 407 g/mol. The van der Waals surface area contributed by atoms with Gasteiger partial charge in [0.05, 0.1) is 13.0 Å². The van der Waals surface area contributed by atoms with Crippen LogP contribution in [-0.2, 0) is 11.3 Å². The number of anilines is 1. The predicted molar refractivity (Wildman–Crippen MR) is 118 cm³/mol. The summed E-state index contributed by atoms with van der Waals surface area (Å²) in [6, 6.07) is 10.1. The highest BCUT2D eigenvalue weighted by atomic mass is 16.5. The van der Waals surface area contributed by atoms with Crippen LogP contribution in [0.25, 0.3) is 10.9 Å². The summed E-state index contributed by atoms with van der Waals surface area (Å²) in [7, 11) is 1.67. The molecule has 1 atom stereocenters. The number of piperidine rings is 1. The van der Waals surface area contributed by atoms with Gasteiger partial charge in [-0.1, -0.05) is 0 Å². The summed E-state index contributed by atoms with van der Waals surface area (Å²) in [6.07, 6.45) is 3.92. The number of carbonyl (C=O) groups excluding carboxylic acids is 1. The van der Waals surface area contributed by atoms with E-state index in [1.165, 1.54) is 0 Å². The van der Waals surface area contributed by atoms with Crippen LogP contribution in [0.5, 0.6) is 5.75 Å². The largest absolute Gasteiger partial charge is 0.497 e. The quantitative estimate of drug-likeness (QED) is 0.680. The summed E-state index contributed by atoms with van der Waals surface area (Å²) in [5.74, 6) is 1.67. The average molecular weight is 408 g/mol. The number of aromatic nitrogens is 3. The van der Waals surface area contributed by atoms with Crippen molar-refractivity contribution < 1.29 is 9.53 Å². The van der Waals surface area contributed by atoms with Gasteiger partial charge in [0.2, 0.25) is 11.9 Å². The molecule has 1 saturated heterocycles. The number of amides is 1. The second-order valence-corrected chi connectivity index (χ2v) is 7.96. The first kappa shape index (κ1) is 20.2. The molecule has 0 spiro atoms. The number of ether oxygens (including phenoxy) is 1. The van der Waals surface area contributed by atoms with Crippen LogP contribution in [0.2, 0.25) is 0 Å². The van der Waals surface area contributed by atoms with Crippen molar-refractivity contribution in [3.8, 4) is 5.75 Å². The lowest BCUT2D eigenvalue weighted by Crippen LogP contribution is -2.44. The molecule has 2 aromatic heterocycles. The molecule has 0 radical (unpaired) electrons. The third kappa shape index (κ3) is 4.40. The van der Waals surface area contributed by atoms with Gasteiger partial charge in [0.25, 0.3) is 0 Å². The summed E-state index contributed by atoms with van der Waals surface area (Å²) < 4.78 is 7.44. The van der Waals surface area contributed by atoms with Gasteiger partial charge in [-0.15, -0.1) is 0 Å². The summed E-state index contributed by atoms with van der Waals surface area (Å²) in [4.78, 5) is 24.0. The average Bonchev–Trinajstić information content (AvgIpc) is 3.15. The third-order valence-electron chi connectivity index (χ3n) is 5.68. The molecule has 1 aliphatic rings. The van der Waals surface area contributed by atoms with Gasteiger partial charge in [-0.05, 0) is 57.0 Å². The minimum Gasteiger partial charge on any atom is -0.497 e. The van der Waals surface area contributed by atoms with Crippen molar-refractivity contribution in [2.45, 2.75) is 33.2 Å². The second kappa shape index (κ2) is 8.73. The Kier molecular flexibility index (Phi) is 5.88. The van der Waals surface area contributed by atoms with Crippen LogP contribution in [-0.4, -0.2) is 47.2 Å². The van der Waals surface area contributed by atoms with E-state index in [1.54, 1.807) is 7.11 Å². The highest BCUT2D eigenvalue weighted by Gasteiger charge is 2.27. The Morgan fingerprint density at radius 1 is 1.20 bits per heavy atom. The molecule has 7 heteroatoms. The first-order chi connectivity index (χ1) is 14.5. The number of nitrogens with zero attached hydrogens (tertiary/aromatic N) is 4. The summed E-state index contributed by atoms with van der Waals surface area (Å²) >= 11 is 0. The number of fused-ring (bicyclic) bond motifs is 1. The van der Waals surface area contributed by atoms with Crippen LogP contribution in [0.1, 0.15) is 24.2 Å². The molecular weight excluding hydrogens is 378 g/mol. The Bertz CT molecular complexity index is 1020. The summed E-state index contributed by atoms with van der Waals surface area (Å²) in [5.41, 5.74) is 3.06. The SMILES string of the molecule is COc1ccc2c(ccn2CCNC(=O)C2CCCN(c3nc(C)cc(C)n3)C2)c1. The van der Waals surface area contributed by atoms with Crippen LogP contribution in [0.3, 0.4) is 0 Å². The summed E-state index contributed by atoms with van der Waals surface area (Å²) in [6.45, 7) is 6.86. The lowest BCUT2D eigenvalue weighted by molar-refractivity contribution is -0.125. The van der Waals surface area contributed by atoms with Crippen LogP contribution >= 0.6 is 0 Å². The Balaban J connectivity index is 1.34. The van der Waals surface area contributed by atoms with Gasteiger partial charge in [-0.3, -0.25) is 4.79 Å². The maximum absolute atomic E-state index is 12.8. The zero-order chi connectivity index (χ0) is 21.1. The molecule has 0 aliphatic carbocycles. The molecule has 3 aromatic rings. The molecule has 3 heterocycles. The topological polar surface area (TPSA) is 72.3 Å². The van der Waals surface area contributed by atoms with Gasteiger partial charge in [0.15, 0.2) is 0 Å². The molecule has 0 saturated carbocycles. The maximum atomic E-state index is 12.8. The van der Waals surface area contributed by atoms with Crippen molar-refractivity contribution >= 4 is 22.8 Å². The fourth-order valence-electron chi connectivity index (χ4n) is 4.17. The van der Waals surface area contributed by atoms with E-state index in [0.29, 0.717) is 13.1 Å². The molecule has 1 unspecified atom stereocenters. The zero-order valence-electron chi connectivity index (χ0n) is 17.9. The molecule has 1 fully saturated rings. The van der Waals surface area contributed by atoms with Crippen molar-refractivity contribution in [2.75, 3.05) is 31.6 Å². The molecule has 1 aliphatic heterocycles. The molecule has 7 nitrogen and oxygen atoms in total. The number of hydrogen-bond donors (Lipinski definition) is 1. The molecule has 1 N–H and O–H groups in total. The lowest BCUT2D eigenvalue weighted by atomic mass is 9.97. The van der Waals surface area contributed by atoms with Crippen LogP contribution < -0.4 is 15.0 Å². The van der Waals surface area contributed by atoms with Gasteiger partial charge in [0, 0.05) is 54.7 Å². The number of hydrogen-bond acceptors (Lipinski definition) is 5. The molecular formula is C23H29N5O2. The minimum atomic E-state index is -0.0335. The Labute approximate surface area is 177 Å². The number of nitrogens with one attached hydrogen (secondary N) is 1. The first-order valence-corrected chi connectivity index (χ1v) is 10.5. The first-order valence-electron chi connectivity index (χ1n) is 10.5. The number of rotatable bonds is 6. The third-order valence-corrected chi connectivity index (χ3v) is 5.68. The van der Waals surface area contributed by atoms with Gasteiger partial charge in [-0.2, -0.15) is 0 Å². The molecule has 30 heavy (non-hydrogen) atoms. The molecule has 0 bridgehead atoms.